The van der Waals surface area contributed by atoms with Gasteiger partial charge in [-0.15, -0.1) is 11.8 Å². The maximum atomic E-state index is 12.8. The van der Waals surface area contributed by atoms with E-state index in [1.54, 1.807) is 0 Å². The first-order chi connectivity index (χ1) is 17.1. The first-order valence-electron chi connectivity index (χ1n) is 13.5. The third kappa shape index (κ3) is 9.96. The second kappa shape index (κ2) is 15.5. The molecule has 36 heavy (non-hydrogen) atoms. The Morgan fingerprint density at radius 3 is 2.31 bits per heavy atom. The molecule has 1 unspecified atom stereocenters. The lowest BCUT2D eigenvalue weighted by Gasteiger charge is -2.30. The van der Waals surface area contributed by atoms with Crippen molar-refractivity contribution in [1.82, 2.24) is 10.2 Å². The number of ketones is 2. The summed E-state index contributed by atoms with van der Waals surface area (Å²) >= 11 is 1.23. The summed E-state index contributed by atoms with van der Waals surface area (Å²) in [4.78, 5) is 62.6. The van der Waals surface area contributed by atoms with E-state index in [1.165, 1.54) is 16.7 Å². The molecule has 9 heteroatoms. The number of hydrogen-bond donors (Lipinski definition) is 1. The highest BCUT2D eigenvalue weighted by atomic mass is 32.2. The van der Waals surface area contributed by atoms with Crippen LogP contribution >= 0.6 is 11.8 Å². The number of hydrogen-bond acceptors (Lipinski definition) is 7. The van der Waals surface area contributed by atoms with Crippen molar-refractivity contribution in [3.63, 3.8) is 0 Å². The number of nitrogens with zero attached hydrogens (tertiary/aromatic N) is 1. The van der Waals surface area contributed by atoms with Crippen LogP contribution < -0.4 is 5.32 Å². The van der Waals surface area contributed by atoms with Crippen LogP contribution in [0.1, 0.15) is 79.1 Å². The lowest BCUT2D eigenvalue weighted by atomic mass is 9.77. The van der Waals surface area contributed by atoms with Crippen LogP contribution in [0.4, 0.5) is 0 Å². The Kier molecular flexibility index (Phi) is 13.1. The Hall–Kier alpha value is -1.74. The molecule has 0 aromatic heterocycles. The molecule has 1 atom stereocenters. The van der Waals surface area contributed by atoms with E-state index in [9.17, 15) is 24.0 Å². The van der Waals surface area contributed by atoms with Crippen LogP contribution in [0.15, 0.2) is 0 Å². The summed E-state index contributed by atoms with van der Waals surface area (Å²) in [7, 11) is 0. The van der Waals surface area contributed by atoms with Crippen LogP contribution in [0.5, 0.6) is 0 Å². The molecule has 3 amide bonds. The summed E-state index contributed by atoms with van der Waals surface area (Å²) in [5.74, 6) is 0.662. The Labute approximate surface area is 220 Å². The minimum Gasteiger partial charge on any atom is -0.381 e. The van der Waals surface area contributed by atoms with Gasteiger partial charge in [0.25, 0.3) is 0 Å². The van der Waals surface area contributed by atoms with Gasteiger partial charge in [0, 0.05) is 56.9 Å². The average Bonchev–Trinajstić information content (AvgIpc) is 3.11. The topological polar surface area (TPSA) is 110 Å². The number of ether oxygens (including phenoxy) is 1. The van der Waals surface area contributed by atoms with E-state index >= 15 is 0 Å². The van der Waals surface area contributed by atoms with Crippen LogP contribution in [0.25, 0.3) is 0 Å². The zero-order valence-corrected chi connectivity index (χ0v) is 23.2. The monoisotopic (exact) mass is 524 g/mol. The van der Waals surface area contributed by atoms with Crippen molar-refractivity contribution in [3.8, 4) is 0 Å². The molecule has 0 radical (unpaired) electrons. The number of amides is 3. The maximum Gasteiger partial charge on any atom is 0.242 e. The van der Waals surface area contributed by atoms with Crippen LogP contribution in [-0.4, -0.2) is 71.5 Å². The van der Waals surface area contributed by atoms with Crippen molar-refractivity contribution in [2.75, 3.05) is 32.1 Å². The summed E-state index contributed by atoms with van der Waals surface area (Å²) < 4.78 is 5.50. The van der Waals surface area contributed by atoms with Crippen molar-refractivity contribution in [3.05, 3.63) is 0 Å². The van der Waals surface area contributed by atoms with Gasteiger partial charge in [-0.05, 0) is 44.4 Å². The molecule has 1 aliphatic carbocycles. The van der Waals surface area contributed by atoms with E-state index in [4.69, 9.17) is 4.74 Å². The first-order valence-corrected chi connectivity index (χ1v) is 14.5. The predicted octanol–water partition coefficient (Wildman–Crippen LogP) is 3.41. The zero-order valence-electron chi connectivity index (χ0n) is 22.4. The fourth-order valence-corrected chi connectivity index (χ4v) is 5.69. The third-order valence-electron chi connectivity index (χ3n) is 7.02. The number of likely N-dealkylation sites (tertiary alicyclic amines) is 1. The van der Waals surface area contributed by atoms with Crippen LogP contribution in [0.2, 0.25) is 0 Å². The van der Waals surface area contributed by atoms with Crippen molar-refractivity contribution in [2.45, 2.75) is 84.3 Å². The molecule has 204 valence electrons. The van der Waals surface area contributed by atoms with Gasteiger partial charge >= 0.3 is 0 Å². The Morgan fingerprint density at radius 2 is 1.67 bits per heavy atom. The van der Waals surface area contributed by atoms with E-state index in [0.29, 0.717) is 51.3 Å². The summed E-state index contributed by atoms with van der Waals surface area (Å²) in [5, 5.41) is 2.32. The molecular formula is C27H44N2O6S. The molecule has 1 N–H and O–H groups in total. The van der Waals surface area contributed by atoms with Crippen molar-refractivity contribution >= 4 is 41.0 Å². The van der Waals surface area contributed by atoms with E-state index in [0.717, 1.165) is 25.7 Å². The molecule has 1 aliphatic heterocycles. The molecule has 0 aromatic rings. The second-order valence-corrected chi connectivity index (χ2v) is 11.9. The fourth-order valence-electron chi connectivity index (χ4n) is 4.70. The number of carbonyl (C=O) groups is 5. The van der Waals surface area contributed by atoms with Gasteiger partial charge in [0.15, 0.2) is 0 Å². The van der Waals surface area contributed by atoms with Gasteiger partial charge < -0.3 is 10.1 Å². The third-order valence-corrected chi connectivity index (χ3v) is 8.22. The predicted molar refractivity (Wildman–Crippen MR) is 140 cm³/mol. The molecule has 1 saturated carbocycles. The van der Waals surface area contributed by atoms with Crippen LogP contribution in [0, 0.1) is 23.7 Å². The van der Waals surface area contributed by atoms with Crippen LogP contribution in [-0.2, 0) is 28.7 Å². The molecular weight excluding hydrogens is 480 g/mol. The standard InChI is InChI=1S/C27H44N2O6S/c1-18(2)22(30)7-5-13-35-14-6-12-28-24(31)17-36-23-15-25(32)29(27(23)34)16-20-8-10-21(11-9-20)26(33)19(3)4/h18-21,23H,5-17H2,1-4H3,(H,28,31). The Bertz CT molecular complexity index is 776. The minimum absolute atomic E-state index is 0.0501. The van der Waals surface area contributed by atoms with Gasteiger partial charge in [0.2, 0.25) is 17.7 Å². The molecule has 0 spiro atoms. The molecule has 1 saturated heterocycles. The number of thioether (sulfide) groups is 1. The second-order valence-electron chi connectivity index (χ2n) is 10.7. The average molecular weight is 525 g/mol. The Morgan fingerprint density at radius 1 is 1.00 bits per heavy atom. The lowest BCUT2D eigenvalue weighted by Crippen LogP contribution is -2.38. The highest BCUT2D eigenvalue weighted by Gasteiger charge is 2.40. The highest BCUT2D eigenvalue weighted by Crippen LogP contribution is 2.33. The van der Waals surface area contributed by atoms with E-state index in [2.05, 4.69) is 5.32 Å². The highest BCUT2D eigenvalue weighted by molar-refractivity contribution is 8.01. The van der Waals surface area contributed by atoms with Crippen molar-refractivity contribution in [1.29, 1.82) is 0 Å². The van der Waals surface area contributed by atoms with E-state index in [-0.39, 0.29) is 59.4 Å². The Balaban J connectivity index is 1.58. The smallest absolute Gasteiger partial charge is 0.242 e. The first kappa shape index (κ1) is 30.5. The van der Waals surface area contributed by atoms with Gasteiger partial charge in [-0.3, -0.25) is 28.9 Å². The van der Waals surface area contributed by atoms with E-state index in [1.807, 2.05) is 27.7 Å². The summed E-state index contributed by atoms with van der Waals surface area (Å²) in [5.41, 5.74) is 0. The van der Waals surface area contributed by atoms with Gasteiger partial charge in [0.05, 0.1) is 11.0 Å². The van der Waals surface area contributed by atoms with Crippen molar-refractivity contribution in [2.24, 2.45) is 23.7 Å². The quantitative estimate of drug-likeness (QED) is 0.243. The van der Waals surface area contributed by atoms with Crippen LogP contribution in [0.3, 0.4) is 0 Å². The lowest BCUT2D eigenvalue weighted by molar-refractivity contribution is -0.139. The van der Waals surface area contributed by atoms with Gasteiger partial charge in [-0.1, -0.05) is 27.7 Å². The number of imide groups is 1. The largest absolute Gasteiger partial charge is 0.381 e. The number of Topliss-reactive ketones (excluding diaryl/α,β-unsaturated/α-hetero) is 2. The van der Waals surface area contributed by atoms with Crippen molar-refractivity contribution < 1.29 is 28.7 Å². The fraction of sp³-hybridized carbons (Fsp3) is 0.815. The maximum absolute atomic E-state index is 12.8. The minimum atomic E-state index is -0.501. The number of rotatable bonds is 16. The molecule has 2 fully saturated rings. The molecule has 8 nitrogen and oxygen atoms in total. The molecule has 0 bridgehead atoms. The summed E-state index contributed by atoms with van der Waals surface area (Å²) in [6, 6.07) is 0. The number of nitrogens with one attached hydrogen (secondary N) is 1. The van der Waals surface area contributed by atoms with Gasteiger partial charge in [-0.2, -0.15) is 0 Å². The van der Waals surface area contributed by atoms with Gasteiger partial charge in [0.1, 0.15) is 11.6 Å². The normalized spacial score (nSPS) is 22.5. The SMILES string of the molecule is CC(C)C(=O)CCCOCCCNC(=O)CSC1CC(=O)N(CC2CCC(C(=O)C(C)C)CC2)C1=O. The molecule has 1 heterocycles. The molecule has 2 aliphatic rings. The number of carbonyl (C=O) groups excluding carboxylic acids is 5. The summed E-state index contributed by atoms with van der Waals surface area (Å²) in [6.45, 7) is 9.62. The molecule has 0 aromatic carbocycles. The molecule has 2 rings (SSSR count). The van der Waals surface area contributed by atoms with E-state index < -0.39 is 5.25 Å². The van der Waals surface area contributed by atoms with Gasteiger partial charge in [-0.25, -0.2) is 0 Å². The summed E-state index contributed by atoms with van der Waals surface area (Å²) in [6.07, 6.45) is 5.45. The zero-order chi connectivity index (χ0) is 26.7.